The molecule has 1 aromatic rings. The van der Waals surface area contributed by atoms with Gasteiger partial charge in [-0.3, -0.25) is 0 Å². The van der Waals surface area contributed by atoms with E-state index in [0.717, 1.165) is 31.0 Å². The van der Waals surface area contributed by atoms with Gasteiger partial charge in [0.15, 0.2) is 5.82 Å². The summed E-state index contributed by atoms with van der Waals surface area (Å²) < 4.78 is 5.26. The third kappa shape index (κ3) is 3.93. The van der Waals surface area contributed by atoms with E-state index in [1.54, 1.807) is 0 Å². The predicted molar refractivity (Wildman–Crippen MR) is 64.3 cm³/mol. The molecular weight excluding hydrogens is 202 g/mol. The van der Waals surface area contributed by atoms with Crippen molar-refractivity contribution < 1.29 is 4.52 Å². The quantitative estimate of drug-likeness (QED) is 0.806. The summed E-state index contributed by atoms with van der Waals surface area (Å²) in [5.74, 6) is 1.55. The lowest BCUT2D eigenvalue weighted by atomic mass is 9.86. The van der Waals surface area contributed by atoms with Crippen LogP contribution >= 0.6 is 0 Å². The van der Waals surface area contributed by atoms with Gasteiger partial charge in [0, 0.05) is 18.9 Å². The van der Waals surface area contributed by atoms with Gasteiger partial charge in [0.1, 0.15) is 0 Å². The van der Waals surface area contributed by atoms with Crippen molar-refractivity contribution in [1.29, 1.82) is 0 Å². The summed E-state index contributed by atoms with van der Waals surface area (Å²) in [4.78, 5) is 4.41. The highest BCUT2D eigenvalue weighted by Crippen LogP contribution is 2.24. The van der Waals surface area contributed by atoms with Crippen LogP contribution < -0.4 is 5.32 Å². The maximum absolute atomic E-state index is 5.26. The Morgan fingerprint density at radius 2 is 2.12 bits per heavy atom. The molecule has 0 spiro atoms. The number of aromatic nitrogens is 2. The van der Waals surface area contributed by atoms with Crippen molar-refractivity contribution in [3.8, 4) is 0 Å². The van der Waals surface area contributed by atoms with Crippen LogP contribution in [0.25, 0.3) is 0 Å². The summed E-state index contributed by atoms with van der Waals surface area (Å²) in [7, 11) is 1.94. The molecule has 1 heterocycles. The largest absolute Gasteiger partial charge is 0.339 e. The number of nitrogens with one attached hydrogen (secondary N) is 1. The van der Waals surface area contributed by atoms with E-state index in [-0.39, 0.29) is 5.41 Å². The molecule has 1 N–H and O–H groups in total. The van der Waals surface area contributed by atoms with E-state index in [9.17, 15) is 0 Å². The van der Waals surface area contributed by atoms with Gasteiger partial charge < -0.3 is 9.84 Å². The monoisotopic (exact) mass is 225 g/mol. The van der Waals surface area contributed by atoms with Gasteiger partial charge in [0.05, 0.1) is 0 Å². The van der Waals surface area contributed by atoms with E-state index in [1.807, 2.05) is 7.05 Å². The molecule has 4 nitrogen and oxygen atoms in total. The molecule has 4 heteroatoms. The molecule has 1 aromatic heterocycles. The lowest BCUT2D eigenvalue weighted by molar-refractivity contribution is 0.284. The number of hydrogen-bond acceptors (Lipinski definition) is 4. The van der Waals surface area contributed by atoms with Crippen molar-refractivity contribution in [2.24, 2.45) is 5.41 Å². The molecule has 0 amide bonds. The fourth-order valence-corrected chi connectivity index (χ4v) is 1.36. The first-order valence-corrected chi connectivity index (χ1v) is 5.95. The molecule has 0 aliphatic heterocycles. The molecule has 0 saturated carbocycles. The fraction of sp³-hybridized carbons (Fsp3) is 0.833. The summed E-state index contributed by atoms with van der Waals surface area (Å²) >= 11 is 0. The zero-order valence-electron chi connectivity index (χ0n) is 11.0. The van der Waals surface area contributed by atoms with Gasteiger partial charge in [-0.25, -0.2) is 0 Å². The molecule has 0 fully saturated rings. The Labute approximate surface area is 97.8 Å². The first-order chi connectivity index (χ1) is 7.46. The topological polar surface area (TPSA) is 51.0 Å². The SMILES string of the molecule is CCC(C)(C)Cc1nc(CC(C)NC)no1. The Morgan fingerprint density at radius 1 is 1.44 bits per heavy atom. The van der Waals surface area contributed by atoms with Gasteiger partial charge in [-0.15, -0.1) is 0 Å². The lowest BCUT2D eigenvalue weighted by Crippen LogP contribution is -2.24. The van der Waals surface area contributed by atoms with Gasteiger partial charge in [0.25, 0.3) is 0 Å². The van der Waals surface area contributed by atoms with E-state index in [0.29, 0.717) is 6.04 Å². The molecule has 1 rings (SSSR count). The maximum atomic E-state index is 5.26. The smallest absolute Gasteiger partial charge is 0.227 e. The zero-order chi connectivity index (χ0) is 12.2. The second-order valence-electron chi connectivity index (χ2n) is 5.19. The molecule has 16 heavy (non-hydrogen) atoms. The van der Waals surface area contributed by atoms with Gasteiger partial charge >= 0.3 is 0 Å². The third-order valence-electron chi connectivity index (χ3n) is 3.08. The molecular formula is C12H23N3O. The molecule has 0 aliphatic rings. The summed E-state index contributed by atoms with van der Waals surface area (Å²) in [6.45, 7) is 8.71. The Morgan fingerprint density at radius 3 is 2.69 bits per heavy atom. The van der Waals surface area contributed by atoms with Crippen molar-refractivity contribution >= 4 is 0 Å². The van der Waals surface area contributed by atoms with Crippen LogP contribution in [0.15, 0.2) is 4.52 Å². The molecule has 1 unspecified atom stereocenters. The standard InChI is InChI=1S/C12H23N3O/c1-6-12(3,4)8-11-14-10(15-16-11)7-9(2)13-5/h9,13H,6-8H2,1-5H3. The Kier molecular flexibility index (Phi) is 4.47. The van der Waals surface area contributed by atoms with Crippen LogP contribution in [0.3, 0.4) is 0 Å². The minimum atomic E-state index is 0.235. The van der Waals surface area contributed by atoms with Gasteiger partial charge in [-0.2, -0.15) is 4.98 Å². The minimum absolute atomic E-state index is 0.235. The zero-order valence-corrected chi connectivity index (χ0v) is 11.0. The normalized spacial score (nSPS) is 14.1. The second-order valence-corrected chi connectivity index (χ2v) is 5.19. The highest BCUT2D eigenvalue weighted by molar-refractivity contribution is 4.92. The molecule has 1 atom stereocenters. The highest BCUT2D eigenvalue weighted by atomic mass is 16.5. The average molecular weight is 225 g/mol. The number of nitrogens with zero attached hydrogens (tertiary/aromatic N) is 2. The van der Waals surface area contributed by atoms with Gasteiger partial charge in [0.2, 0.25) is 5.89 Å². The van der Waals surface area contributed by atoms with E-state index < -0.39 is 0 Å². The molecule has 0 radical (unpaired) electrons. The van der Waals surface area contributed by atoms with E-state index in [2.05, 4.69) is 43.2 Å². The van der Waals surface area contributed by atoms with Crippen molar-refractivity contribution in [2.45, 2.75) is 53.0 Å². The van der Waals surface area contributed by atoms with Crippen LogP contribution in [0.1, 0.15) is 45.8 Å². The van der Waals surface area contributed by atoms with Crippen molar-refractivity contribution in [3.05, 3.63) is 11.7 Å². The third-order valence-corrected chi connectivity index (χ3v) is 3.08. The van der Waals surface area contributed by atoms with Crippen molar-refractivity contribution in [1.82, 2.24) is 15.5 Å². The summed E-state index contributed by atoms with van der Waals surface area (Å²) in [6, 6.07) is 0.379. The number of rotatable bonds is 6. The van der Waals surface area contributed by atoms with Crippen molar-refractivity contribution in [3.63, 3.8) is 0 Å². The van der Waals surface area contributed by atoms with Crippen LogP contribution in [0, 0.1) is 5.41 Å². The summed E-state index contributed by atoms with van der Waals surface area (Å²) in [5, 5.41) is 7.16. The highest BCUT2D eigenvalue weighted by Gasteiger charge is 2.20. The van der Waals surface area contributed by atoms with Gasteiger partial charge in [-0.05, 0) is 19.4 Å². The van der Waals surface area contributed by atoms with Crippen LogP contribution in [-0.2, 0) is 12.8 Å². The second kappa shape index (κ2) is 5.43. The molecule has 0 aromatic carbocycles. The van der Waals surface area contributed by atoms with Crippen LogP contribution in [0.5, 0.6) is 0 Å². The lowest BCUT2D eigenvalue weighted by Gasteiger charge is -2.19. The maximum Gasteiger partial charge on any atom is 0.227 e. The molecule has 0 saturated heterocycles. The Hall–Kier alpha value is -0.900. The Balaban J connectivity index is 2.58. The molecule has 0 bridgehead atoms. The van der Waals surface area contributed by atoms with Crippen molar-refractivity contribution in [2.75, 3.05) is 7.05 Å². The first-order valence-electron chi connectivity index (χ1n) is 5.95. The Bertz CT molecular complexity index is 320. The van der Waals surface area contributed by atoms with E-state index in [1.165, 1.54) is 0 Å². The van der Waals surface area contributed by atoms with Crippen LogP contribution in [-0.4, -0.2) is 23.2 Å². The summed E-state index contributed by atoms with van der Waals surface area (Å²) in [5.41, 5.74) is 0.235. The number of likely N-dealkylation sites (N-methyl/N-ethyl adjacent to an activating group) is 1. The molecule has 92 valence electrons. The van der Waals surface area contributed by atoms with E-state index >= 15 is 0 Å². The average Bonchev–Trinajstić information content (AvgIpc) is 2.64. The minimum Gasteiger partial charge on any atom is -0.339 e. The summed E-state index contributed by atoms with van der Waals surface area (Å²) in [6.07, 6.45) is 2.77. The first kappa shape index (κ1) is 13.2. The van der Waals surface area contributed by atoms with E-state index in [4.69, 9.17) is 4.52 Å². The number of hydrogen-bond donors (Lipinski definition) is 1. The van der Waals surface area contributed by atoms with Crippen LogP contribution in [0.4, 0.5) is 0 Å². The predicted octanol–water partition coefficient (Wildman–Crippen LogP) is 2.20. The fourth-order valence-electron chi connectivity index (χ4n) is 1.36. The van der Waals surface area contributed by atoms with Crippen LogP contribution in [0.2, 0.25) is 0 Å². The van der Waals surface area contributed by atoms with Gasteiger partial charge in [-0.1, -0.05) is 32.3 Å². The molecule has 0 aliphatic carbocycles.